The van der Waals surface area contributed by atoms with Crippen molar-refractivity contribution in [1.82, 2.24) is 0 Å². The van der Waals surface area contributed by atoms with Crippen LogP contribution in [-0.4, -0.2) is 24.7 Å². The van der Waals surface area contributed by atoms with Gasteiger partial charge in [0.25, 0.3) is 0 Å². The Bertz CT molecular complexity index is 802. The molecule has 0 spiro atoms. The second-order valence-electron chi connectivity index (χ2n) is 13.3. The van der Waals surface area contributed by atoms with Gasteiger partial charge in [-0.2, -0.15) is 0 Å². The molecule has 1 N–H and O–H groups in total. The molecule has 0 saturated heterocycles. The highest BCUT2D eigenvalue weighted by atomic mass is 31.2. The lowest BCUT2D eigenvalue weighted by Crippen LogP contribution is -2.54. The van der Waals surface area contributed by atoms with E-state index in [1.54, 1.807) is 6.08 Å². The summed E-state index contributed by atoms with van der Waals surface area (Å²) in [5.41, 5.74) is 0.548. The van der Waals surface area contributed by atoms with Gasteiger partial charge in [-0.25, -0.2) is 0 Å². The quantitative estimate of drug-likeness (QED) is 0.274. The number of fused-ring (bicyclic) bond motifs is 5. The summed E-state index contributed by atoms with van der Waals surface area (Å²) in [5.74, 6) is 5.11. The van der Waals surface area contributed by atoms with Crippen molar-refractivity contribution >= 4 is 7.60 Å². The Morgan fingerprint density at radius 1 is 0.971 bits per heavy atom. The molecule has 34 heavy (non-hydrogen) atoms. The molecule has 0 unspecified atom stereocenters. The van der Waals surface area contributed by atoms with E-state index in [1.165, 1.54) is 65.6 Å². The fourth-order valence-corrected chi connectivity index (χ4v) is 10.9. The molecule has 3 fully saturated rings. The van der Waals surface area contributed by atoms with Crippen LogP contribution in [0.25, 0.3) is 0 Å². The standard InChI is InChI=1S/C29H51O4P/c1-20(2)9-8-10-21(3)24-13-14-25-23-12-11-22-19-29(30,34(31,32-6)33-7)18-17-27(22,4)26(23)15-16-28(24,25)5/h17-18,20-26,30H,8-16,19H2,1-7H3/t21-,22+,23+,24-,25+,26+,27+,28-,29+/m1/s1. The van der Waals surface area contributed by atoms with Gasteiger partial charge in [0.1, 0.15) is 0 Å². The first-order chi connectivity index (χ1) is 15.9. The SMILES string of the molecule is COP(=O)(OC)[C@@]1(O)C=C[C@@]2(C)[C@@H](CC[C@@H]3[C@@H]2CC[C@]2(C)[C@@H]([C@H](C)CCCC(C)C)CC[C@@H]32)C1. The van der Waals surface area contributed by atoms with Gasteiger partial charge in [0.2, 0.25) is 0 Å². The van der Waals surface area contributed by atoms with E-state index >= 15 is 0 Å². The van der Waals surface area contributed by atoms with E-state index in [0.29, 0.717) is 23.7 Å². The highest BCUT2D eigenvalue weighted by Crippen LogP contribution is 2.70. The number of hydrogen-bond acceptors (Lipinski definition) is 4. The van der Waals surface area contributed by atoms with Crippen LogP contribution in [0.5, 0.6) is 0 Å². The first-order valence-corrected chi connectivity index (χ1v) is 15.6. The van der Waals surface area contributed by atoms with Crippen molar-refractivity contribution in [2.24, 2.45) is 52.3 Å². The van der Waals surface area contributed by atoms with Crippen LogP contribution in [-0.2, 0) is 13.6 Å². The summed E-state index contributed by atoms with van der Waals surface area (Å²) < 4.78 is 23.6. The van der Waals surface area contributed by atoms with Gasteiger partial charge in [-0.3, -0.25) is 4.57 Å². The monoisotopic (exact) mass is 494 g/mol. The summed E-state index contributed by atoms with van der Waals surface area (Å²) in [6.07, 6.45) is 16.4. The topological polar surface area (TPSA) is 55.8 Å². The molecule has 4 nitrogen and oxygen atoms in total. The number of aliphatic hydroxyl groups is 1. The smallest absolute Gasteiger partial charge is 0.365 e. The van der Waals surface area contributed by atoms with Crippen molar-refractivity contribution < 1.29 is 18.7 Å². The van der Waals surface area contributed by atoms with Crippen molar-refractivity contribution in [3.63, 3.8) is 0 Å². The van der Waals surface area contributed by atoms with Crippen LogP contribution in [0.1, 0.15) is 98.8 Å². The zero-order valence-electron chi connectivity index (χ0n) is 22.9. The Morgan fingerprint density at radius 2 is 1.68 bits per heavy atom. The number of rotatable bonds is 8. The molecule has 0 heterocycles. The third-order valence-corrected chi connectivity index (χ3v) is 13.6. The molecule has 9 atom stereocenters. The molecular weight excluding hydrogens is 443 g/mol. The van der Waals surface area contributed by atoms with Crippen LogP contribution >= 0.6 is 7.60 Å². The van der Waals surface area contributed by atoms with Crippen LogP contribution in [0.3, 0.4) is 0 Å². The van der Waals surface area contributed by atoms with Crippen molar-refractivity contribution in [2.75, 3.05) is 14.2 Å². The second-order valence-corrected chi connectivity index (χ2v) is 15.8. The molecule has 4 rings (SSSR count). The molecule has 5 heteroatoms. The van der Waals surface area contributed by atoms with Crippen molar-refractivity contribution in [3.8, 4) is 0 Å². The van der Waals surface area contributed by atoms with Crippen molar-refractivity contribution in [1.29, 1.82) is 0 Å². The summed E-state index contributed by atoms with van der Waals surface area (Å²) >= 11 is 0. The van der Waals surface area contributed by atoms with Gasteiger partial charge in [0.15, 0.2) is 5.34 Å². The van der Waals surface area contributed by atoms with Crippen LogP contribution in [0.15, 0.2) is 12.2 Å². The van der Waals surface area contributed by atoms with Crippen LogP contribution in [0, 0.1) is 52.3 Å². The van der Waals surface area contributed by atoms with Crippen molar-refractivity contribution in [2.45, 2.75) is 104 Å². The van der Waals surface area contributed by atoms with Gasteiger partial charge in [0.05, 0.1) is 0 Å². The molecular formula is C29H51O4P. The van der Waals surface area contributed by atoms with E-state index in [-0.39, 0.29) is 5.41 Å². The Morgan fingerprint density at radius 3 is 2.32 bits per heavy atom. The summed E-state index contributed by atoms with van der Waals surface area (Å²) in [7, 11) is -0.837. The Balaban J connectivity index is 1.52. The predicted molar refractivity (Wildman–Crippen MR) is 140 cm³/mol. The minimum atomic E-state index is -3.59. The van der Waals surface area contributed by atoms with E-state index in [1.807, 2.05) is 0 Å². The fraction of sp³-hybridized carbons (Fsp3) is 0.931. The maximum atomic E-state index is 13.1. The fourth-order valence-electron chi connectivity index (χ4n) is 9.41. The predicted octanol–water partition coefficient (Wildman–Crippen LogP) is 8.06. The Kier molecular flexibility index (Phi) is 7.61. The minimum absolute atomic E-state index is 0.0593. The zero-order valence-corrected chi connectivity index (χ0v) is 23.8. The summed E-state index contributed by atoms with van der Waals surface area (Å²) in [6.45, 7) is 12.3. The number of allylic oxidation sites excluding steroid dienone is 1. The summed E-state index contributed by atoms with van der Waals surface area (Å²) in [5, 5.41) is 9.82. The Hall–Kier alpha value is -0.150. The molecule has 0 aromatic rings. The van der Waals surface area contributed by atoms with Crippen LogP contribution < -0.4 is 0 Å². The average molecular weight is 495 g/mol. The zero-order chi connectivity index (χ0) is 24.9. The van der Waals surface area contributed by atoms with Gasteiger partial charge >= 0.3 is 7.60 Å². The molecule has 0 aromatic heterocycles. The van der Waals surface area contributed by atoms with Gasteiger partial charge in [-0.1, -0.05) is 60.0 Å². The lowest BCUT2D eigenvalue weighted by atomic mass is 9.45. The van der Waals surface area contributed by atoms with Gasteiger partial charge in [-0.15, -0.1) is 0 Å². The third kappa shape index (κ3) is 4.21. The molecule has 0 amide bonds. The normalized spacial score (nSPS) is 45.0. The first-order valence-electron chi connectivity index (χ1n) is 14.1. The molecule has 0 radical (unpaired) electrons. The Labute approximate surface area is 209 Å². The van der Waals surface area contributed by atoms with E-state index in [4.69, 9.17) is 9.05 Å². The highest BCUT2D eigenvalue weighted by molar-refractivity contribution is 7.55. The highest BCUT2D eigenvalue weighted by Gasteiger charge is 2.62. The third-order valence-electron chi connectivity index (χ3n) is 11.4. The molecule has 4 aliphatic rings. The molecule has 196 valence electrons. The van der Waals surface area contributed by atoms with E-state index in [9.17, 15) is 9.67 Å². The molecule has 0 bridgehead atoms. The van der Waals surface area contributed by atoms with Crippen molar-refractivity contribution in [3.05, 3.63) is 12.2 Å². The van der Waals surface area contributed by atoms with E-state index < -0.39 is 12.9 Å². The van der Waals surface area contributed by atoms with E-state index in [2.05, 4.69) is 40.7 Å². The van der Waals surface area contributed by atoms with Gasteiger partial charge in [-0.05, 0) is 103 Å². The van der Waals surface area contributed by atoms with Crippen LogP contribution in [0.2, 0.25) is 0 Å². The molecule has 4 aliphatic carbocycles. The molecule has 3 saturated carbocycles. The van der Waals surface area contributed by atoms with Gasteiger partial charge < -0.3 is 14.2 Å². The average Bonchev–Trinajstić information content (AvgIpc) is 3.16. The largest absolute Gasteiger partial charge is 0.374 e. The summed E-state index contributed by atoms with van der Waals surface area (Å²) in [4.78, 5) is 0. The van der Waals surface area contributed by atoms with Gasteiger partial charge in [0, 0.05) is 14.2 Å². The first kappa shape index (κ1) is 26.9. The minimum Gasteiger partial charge on any atom is -0.374 e. The summed E-state index contributed by atoms with van der Waals surface area (Å²) in [6, 6.07) is 0. The van der Waals surface area contributed by atoms with E-state index in [0.717, 1.165) is 36.0 Å². The van der Waals surface area contributed by atoms with Crippen LogP contribution in [0.4, 0.5) is 0 Å². The molecule has 0 aromatic carbocycles. The maximum absolute atomic E-state index is 13.1. The lowest BCUT2D eigenvalue weighted by Gasteiger charge is -2.60. The maximum Gasteiger partial charge on any atom is 0.365 e. The molecule has 0 aliphatic heterocycles. The lowest BCUT2D eigenvalue weighted by molar-refractivity contribution is -0.0952. The number of hydrogen-bond donors (Lipinski definition) is 1. The second kappa shape index (κ2) is 9.62.